The molecule has 0 radical (unpaired) electrons. The third-order valence-corrected chi connectivity index (χ3v) is 5.10. The number of nitrogens with zero attached hydrogens (tertiary/aromatic N) is 3. The fourth-order valence-corrected chi connectivity index (χ4v) is 3.60. The van der Waals surface area contributed by atoms with E-state index in [9.17, 15) is 14.4 Å². The van der Waals surface area contributed by atoms with E-state index in [2.05, 4.69) is 12.1 Å². The number of benzene rings is 1. The van der Waals surface area contributed by atoms with Crippen molar-refractivity contribution in [3.05, 3.63) is 74.6 Å². The van der Waals surface area contributed by atoms with Crippen LogP contribution in [0.1, 0.15) is 42.9 Å². The summed E-state index contributed by atoms with van der Waals surface area (Å²) in [6.45, 7) is 0.702. The SMILES string of the molecule is Cn1cc(/C=C/C(=O)N2CCCCCC2c2ccccc2)c(=O)n(C)c1=O. The van der Waals surface area contributed by atoms with Gasteiger partial charge in [-0.15, -0.1) is 0 Å². The molecule has 2 aromatic rings. The maximum Gasteiger partial charge on any atom is 0.330 e. The standard InChI is InChI=1S/C21H25N3O3/c1-22-15-17(20(26)23(2)21(22)27)12-13-19(25)24-14-8-4-7-11-18(24)16-9-5-3-6-10-16/h3,5-6,9-10,12-13,15,18H,4,7-8,11,14H2,1-2H3/b13-12+. The van der Waals surface area contributed by atoms with Crippen LogP contribution in [0.15, 0.2) is 52.2 Å². The number of hydrogen-bond acceptors (Lipinski definition) is 3. The summed E-state index contributed by atoms with van der Waals surface area (Å²) in [5, 5.41) is 0. The van der Waals surface area contributed by atoms with Crippen molar-refractivity contribution < 1.29 is 4.79 Å². The van der Waals surface area contributed by atoms with E-state index in [1.807, 2.05) is 23.1 Å². The summed E-state index contributed by atoms with van der Waals surface area (Å²) < 4.78 is 2.38. The molecule has 6 nitrogen and oxygen atoms in total. The van der Waals surface area contributed by atoms with Gasteiger partial charge in [-0.1, -0.05) is 43.2 Å². The van der Waals surface area contributed by atoms with Crippen LogP contribution in [0.3, 0.4) is 0 Å². The molecule has 1 fully saturated rings. The molecule has 1 aromatic heterocycles. The highest BCUT2D eigenvalue weighted by molar-refractivity contribution is 5.92. The van der Waals surface area contributed by atoms with Gasteiger partial charge in [0.15, 0.2) is 0 Å². The van der Waals surface area contributed by atoms with E-state index < -0.39 is 5.56 Å². The molecule has 0 N–H and O–H groups in total. The Morgan fingerprint density at radius 3 is 2.56 bits per heavy atom. The van der Waals surface area contributed by atoms with Gasteiger partial charge in [0.05, 0.1) is 11.6 Å². The average Bonchev–Trinajstić information content (AvgIpc) is 2.94. The number of aromatic nitrogens is 2. The minimum absolute atomic E-state index is 0.0498. The van der Waals surface area contributed by atoms with Crippen molar-refractivity contribution >= 4 is 12.0 Å². The van der Waals surface area contributed by atoms with Crippen LogP contribution < -0.4 is 11.2 Å². The van der Waals surface area contributed by atoms with Crippen LogP contribution in [0, 0.1) is 0 Å². The maximum atomic E-state index is 12.9. The molecule has 1 amide bonds. The van der Waals surface area contributed by atoms with E-state index in [4.69, 9.17) is 0 Å². The molecule has 0 aliphatic carbocycles. The second kappa shape index (κ2) is 8.20. The minimum Gasteiger partial charge on any atom is -0.332 e. The minimum atomic E-state index is -0.405. The Balaban J connectivity index is 1.88. The molecule has 6 heteroatoms. The van der Waals surface area contributed by atoms with Gasteiger partial charge in [0.25, 0.3) is 5.56 Å². The average molecular weight is 367 g/mol. The molecule has 2 heterocycles. The van der Waals surface area contributed by atoms with Crippen molar-refractivity contribution in [3.63, 3.8) is 0 Å². The highest BCUT2D eigenvalue weighted by Crippen LogP contribution is 2.30. The van der Waals surface area contributed by atoms with Gasteiger partial charge in [0.2, 0.25) is 5.91 Å². The number of amides is 1. The van der Waals surface area contributed by atoms with E-state index in [0.717, 1.165) is 35.8 Å². The number of hydrogen-bond donors (Lipinski definition) is 0. The lowest BCUT2D eigenvalue weighted by atomic mass is 10.0. The Labute approximate surface area is 158 Å². The van der Waals surface area contributed by atoms with E-state index in [1.54, 1.807) is 7.05 Å². The summed E-state index contributed by atoms with van der Waals surface area (Å²) in [4.78, 5) is 38.8. The summed E-state index contributed by atoms with van der Waals surface area (Å²) in [7, 11) is 3.02. The van der Waals surface area contributed by atoms with Crippen LogP contribution in [0.2, 0.25) is 0 Å². The largest absolute Gasteiger partial charge is 0.332 e. The van der Waals surface area contributed by atoms with E-state index in [-0.39, 0.29) is 17.6 Å². The van der Waals surface area contributed by atoms with Crippen molar-refractivity contribution in [3.8, 4) is 0 Å². The van der Waals surface area contributed by atoms with Crippen LogP contribution in [0.5, 0.6) is 0 Å². The zero-order chi connectivity index (χ0) is 19.4. The van der Waals surface area contributed by atoms with Crippen LogP contribution in [-0.4, -0.2) is 26.5 Å². The molecule has 3 rings (SSSR count). The molecule has 1 atom stereocenters. The smallest absolute Gasteiger partial charge is 0.330 e. The first kappa shape index (κ1) is 18.9. The van der Waals surface area contributed by atoms with Gasteiger partial charge in [-0.05, 0) is 24.5 Å². The molecule has 1 saturated heterocycles. The van der Waals surface area contributed by atoms with Crippen LogP contribution in [0.4, 0.5) is 0 Å². The summed E-state index contributed by atoms with van der Waals surface area (Å²) >= 11 is 0. The normalized spacial score (nSPS) is 17.9. The van der Waals surface area contributed by atoms with E-state index >= 15 is 0 Å². The number of rotatable bonds is 3. The Morgan fingerprint density at radius 1 is 1.07 bits per heavy atom. The quantitative estimate of drug-likeness (QED) is 0.782. The fourth-order valence-electron chi connectivity index (χ4n) is 3.60. The summed E-state index contributed by atoms with van der Waals surface area (Å²) in [6, 6.07) is 10.1. The maximum absolute atomic E-state index is 12.9. The highest BCUT2D eigenvalue weighted by Gasteiger charge is 2.25. The Hall–Kier alpha value is -2.89. The summed E-state index contributed by atoms with van der Waals surface area (Å²) in [6.07, 6.45) is 8.54. The lowest BCUT2D eigenvalue weighted by Crippen LogP contribution is -2.37. The third-order valence-electron chi connectivity index (χ3n) is 5.10. The Morgan fingerprint density at radius 2 is 1.81 bits per heavy atom. The number of likely N-dealkylation sites (tertiary alicyclic amines) is 1. The number of carbonyl (C=O) groups excluding carboxylic acids is 1. The Bertz CT molecular complexity index is 957. The van der Waals surface area contributed by atoms with Gasteiger partial charge < -0.3 is 9.47 Å². The predicted octanol–water partition coefficient (Wildman–Crippen LogP) is 2.24. The van der Waals surface area contributed by atoms with Gasteiger partial charge >= 0.3 is 5.69 Å². The van der Waals surface area contributed by atoms with E-state index in [0.29, 0.717) is 12.1 Å². The van der Waals surface area contributed by atoms with Crippen molar-refractivity contribution in [2.24, 2.45) is 14.1 Å². The first-order valence-corrected chi connectivity index (χ1v) is 9.29. The van der Waals surface area contributed by atoms with Crippen molar-refractivity contribution in [2.45, 2.75) is 31.7 Å². The van der Waals surface area contributed by atoms with Gasteiger partial charge in [0.1, 0.15) is 0 Å². The monoisotopic (exact) mass is 367 g/mol. The molecule has 1 unspecified atom stereocenters. The Kier molecular flexibility index (Phi) is 5.74. The highest BCUT2D eigenvalue weighted by atomic mass is 16.2. The summed E-state index contributed by atoms with van der Waals surface area (Å²) in [5.41, 5.74) is 0.663. The van der Waals surface area contributed by atoms with Crippen molar-refractivity contribution in [2.75, 3.05) is 6.54 Å². The first-order valence-electron chi connectivity index (χ1n) is 9.29. The van der Waals surface area contributed by atoms with Crippen molar-refractivity contribution in [1.82, 2.24) is 14.0 Å². The predicted molar refractivity (Wildman–Crippen MR) is 105 cm³/mol. The molecular weight excluding hydrogens is 342 g/mol. The van der Waals surface area contributed by atoms with Gasteiger partial charge in [0, 0.05) is 32.9 Å². The van der Waals surface area contributed by atoms with Gasteiger partial charge in [-0.3, -0.25) is 14.2 Å². The van der Waals surface area contributed by atoms with Gasteiger partial charge in [-0.25, -0.2) is 4.79 Å². The zero-order valence-corrected chi connectivity index (χ0v) is 15.8. The molecule has 1 aromatic carbocycles. The number of carbonyl (C=O) groups is 1. The molecule has 27 heavy (non-hydrogen) atoms. The molecular formula is C21H25N3O3. The zero-order valence-electron chi connectivity index (χ0n) is 15.8. The van der Waals surface area contributed by atoms with E-state index in [1.165, 1.54) is 30.0 Å². The lowest BCUT2D eigenvalue weighted by molar-refractivity contribution is -0.128. The lowest BCUT2D eigenvalue weighted by Gasteiger charge is -2.29. The van der Waals surface area contributed by atoms with Crippen LogP contribution in [0.25, 0.3) is 6.08 Å². The van der Waals surface area contributed by atoms with Crippen LogP contribution in [-0.2, 0) is 18.9 Å². The molecule has 1 aliphatic heterocycles. The van der Waals surface area contributed by atoms with Crippen molar-refractivity contribution in [1.29, 1.82) is 0 Å². The molecule has 1 aliphatic rings. The molecule has 0 saturated carbocycles. The molecule has 0 spiro atoms. The fraction of sp³-hybridized carbons (Fsp3) is 0.381. The number of aryl methyl sites for hydroxylation is 1. The topological polar surface area (TPSA) is 64.3 Å². The van der Waals surface area contributed by atoms with Gasteiger partial charge in [-0.2, -0.15) is 0 Å². The second-order valence-electron chi connectivity index (χ2n) is 6.98. The first-order chi connectivity index (χ1) is 13.0. The summed E-state index contributed by atoms with van der Waals surface area (Å²) in [5.74, 6) is -0.110. The second-order valence-corrected chi connectivity index (χ2v) is 6.98. The molecule has 0 bridgehead atoms. The van der Waals surface area contributed by atoms with Crippen LogP contribution >= 0.6 is 0 Å². The third kappa shape index (κ3) is 4.10. The molecule has 142 valence electrons.